The minimum absolute atomic E-state index is 0.156. The number of ether oxygens (including phenoxy) is 2. The first kappa shape index (κ1) is 17.3. The third-order valence-electron chi connectivity index (χ3n) is 3.26. The molecule has 3 heterocycles. The van der Waals surface area contributed by atoms with Gasteiger partial charge in [0.05, 0.1) is 24.6 Å². The molecule has 0 bridgehead atoms. The van der Waals surface area contributed by atoms with Gasteiger partial charge in [0.1, 0.15) is 5.15 Å². The minimum atomic E-state index is -4.43. The second kappa shape index (κ2) is 6.75. The van der Waals surface area contributed by atoms with E-state index in [0.29, 0.717) is 28.2 Å². The molecule has 3 aromatic heterocycles. The lowest BCUT2D eigenvalue weighted by Crippen LogP contribution is -2.19. The van der Waals surface area contributed by atoms with E-state index in [2.05, 4.69) is 19.8 Å². The third-order valence-corrected chi connectivity index (χ3v) is 3.56. The van der Waals surface area contributed by atoms with Crippen molar-refractivity contribution < 1.29 is 22.6 Å². The van der Waals surface area contributed by atoms with Crippen LogP contribution in [0.1, 0.15) is 5.56 Å². The Morgan fingerprint density at radius 3 is 2.72 bits per heavy atom. The van der Waals surface area contributed by atoms with Gasteiger partial charge in [0.15, 0.2) is 6.61 Å². The van der Waals surface area contributed by atoms with Crippen molar-refractivity contribution in [3.63, 3.8) is 0 Å². The average Bonchev–Trinajstić information content (AvgIpc) is 2.97. The second-order valence-electron chi connectivity index (χ2n) is 5.08. The number of pyridine rings is 2. The molecule has 0 unspecified atom stereocenters. The maximum Gasteiger partial charge on any atom is 0.422 e. The predicted molar refractivity (Wildman–Crippen MR) is 84.0 cm³/mol. The fraction of sp³-hybridized carbons (Fsp3) is 0.267. The van der Waals surface area contributed by atoms with Crippen molar-refractivity contribution in [3.05, 3.63) is 41.3 Å². The molecule has 0 aliphatic carbocycles. The molecule has 0 N–H and O–H groups in total. The lowest BCUT2D eigenvalue weighted by Gasteiger charge is -2.11. The van der Waals surface area contributed by atoms with Crippen molar-refractivity contribution >= 4 is 22.5 Å². The highest BCUT2D eigenvalue weighted by Gasteiger charge is 2.28. The highest BCUT2D eigenvalue weighted by atomic mass is 35.5. The first-order valence-corrected chi connectivity index (χ1v) is 7.44. The van der Waals surface area contributed by atoms with E-state index in [0.717, 1.165) is 0 Å². The number of alkyl halides is 3. The van der Waals surface area contributed by atoms with E-state index in [-0.39, 0.29) is 11.8 Å². The molecule has 10 heteroatoms. The summed E-state index contributed by atoms with van der Waals surface area (Å²) < 4.78 is 48.0. The molecule has 0 spiro atoms. The Balaban J connectivity index is 1.82. The average molecular weight is 373 g/mol. The molecule has 0 aliphatic rings. The lowest BCUT2D eigenvalue weighted by atomic mass is 10.2. The van der Waals surface area contributed by atoms with Gasteiger partial charge in [-0.15, -0.1) is 0 Å². The van der Waals surface area contributed by atoms with Crippen LogP contribution in [0.25, 0.3) is 10.9 Å². The lowest BCUT2D eigenvalue weighted by molar-refractivity contribution is -0.154. The van der Waals surface area contributed by atoms with Crippen molar-refractivity contribution in [2.45, 2.75) is 12.7 Å². The highest BCUT2D eigenvalue weighted by molar-refractivity contribution is 6.34. The zero-order valence-corrected chi connectivity index (χ0v) is 13.7. The number of methoxy groups -OCH3 is 1. The van der Waals surface area contributed by atoms with E-state index in [1.807, 2.05) is 0 Å². The number of aromatic nitrogens is 4. The van der Waals surface area contributed by atoms with Crippen LogP contribution in [0.2, 0.25) is 5.15 Å². The third kappa shape index (κ3) is 4.11. The van der Waals surface area contributed by atoms with Gasteiger partial charge < -0.3 is 9.47 Å². The molecular weight excluding hydrogens is 361 g/mol. The van der Waals surface area contributed by atoms with E-state index >= 15 is 0 Å². The van der Waals surface area contributed by atoms with Crippen LogP contribution in [0, 0.1) is 0 Å². The van der Waals surface area contributed by atoms with Gasteiger partial charge in [-0.1, -0.05) is 11.6 Å². The Morgan fingerprint density at radius 1 is 1.24 bits per heavy atom. The van der Waals surface area contributed by atoms with Gasteiger partial charge in [-0.05, 0) is 12.1 Å². The normalized spacial score (nSPS) is 11.7. The van der Waals surface area contributed by atoms with Crippen LogP contribution in [0.5, 0.6) is 11.8 Å². The summed E-state index contributed by atoms with van der Waals surface area (Å²) in [6.45, 7) is -1.13. The molecule has 0 saturated heterocycles. The van der Waals surface area contributed by atoms with Crippen LogP contribution in [0.15, 0.2) is 30.6 Å². The highest BCUT2D eigenvalue weighted by Crippen LogP contribution is 2.24. The monoisotopic (exact) mass is 372 g/mol. The molecule has 0 atom stereocenters. The molecule has 0 aliphatic heterocycles. The number of nitrogens with zero attached hydrogens (tertiary/aromatic N) is 4. The Hall–Kier alpha value is -2.55. The molecule has 132 valence electrons. The van der Waals surface area contributed by atoms with E-state index in [4.69, 9.17) is 16.3 Å². The number of rotatable bonds is 5. The zero-order valence-electron chi connectivity index (χ0n) is 12.9. The van der Waals surface area contributed by atoms with Crippen LogP contribution in [0.4, 0.5) is 13.2 Å². The predicted octanol–water partition coefficient (Wildman–Crippen LogP) is 3.48. The van der Waals surface area contributed by atoms with E-state index in [1.54, 1.807) is 29.2 Å². The summed E-state index contributed by atoms with van der Waals surface area (Å²) in [6.07, 6.45) is -1.16. The van der Waals surface area contributed by atoms with Crippen LogP contribution < -0.4 is 9.47 Å². The van der Waals surface area contributed by atoms with E-state index in [9.17, 15) is 13.2 Å². The summed E-state index contributed by atoms with van der Waals surface area (Å²) >= 11 is 6.01. The smallest absolute Gasteiger partial charge is 0.422 e. The van der Waals surface area contributed by atoms with Gasteiger partial charge in [-0.3, -0.25) is 4.68 Å². The van der Waals surface area contributed by atoms with Crippen molar-refractivity contribution in [3.8, 4) is 11.8 Å². The van der Waals surface area contributed by atoms with Gasteiger partial charge in [0.25, 0.3) is 0 Å². The van der Waals surface area contributed by atoms with Crippen molar-refractivity contribution in [1.82, 2.24) is 19.7 Å². The SMILES string of the molecule is COc1nc(OCC(F)(F)F)ccc1Cn1cc2c(Cl)nccc2n1. The van der Waals surface area contributed by atoms with Crippen molar-refractivity contribution in [1.29, 1.82) is 0 Å². The number of hydrogen-bond acceptors (Lipinski definition) is 5. The van der Waals surface area contributed by atoms with Gasteiger partial charge >= 0.3 is 6.18 Å². The van der Waals surface area contributed by atoms with Crippen LogP contribution >= 0.6 is 11.6 Å². The summed E-state index contributed by atoms with van der Waals surface area (Å²) in [5.74, 6) is -0.0146. The molecule has 3 aromatic rings. The fourth-order valence-electron chi connectivity index (χ4n) is 2.20. The van der Waals surface area contributed by atoms with Crippen LogP contribution in [-0.2, 0) is 6.54 Å². The van der Waals surface area contributed by atoms with Gasteiger partial charge in [0, 0.05) is 24.0 Å². The number of fused-ring (bicyclic) bond motifs is 1. The molecule has 0 fully saturated rings. The van der Waals surface area contributed by atoms with Crippen LogP contribution in [-0.4, -0.2) is 39.6 Å². The summed E-state index contributed by atoms with van der Waals surface area (Å²) in [7, 11) is 1.37. The Kier molecular flexibility index (Phi) is 4.67. The van der Waals surface area contributed by atoms with E-state index < -0.39 is 12.8 Å². The Morgan fingerprint density at radius 2 is 2.04 bits per heavy atom. The molecule has 0 aromatic carbocycles. The van der Waals surface area contributed by atoms with Crippen molar-refractivity contribution in [2.75, 3.05) is 13.7 Å². The standard InChI is InChI=1S/C15H12ClF3N4O2/c1-24-14-9(2-3-12(21-14)25-8-15(17,18)19)6-23-7-10-11(22-23)4-5-20-13(10)16/h2-5,7H,6,8H2,1H3. The maximum absolute atomic E-state index is 12.2. The van der Waals surface area contributed by atoms with E-state index in [1.165, 1.54) is 13.2 Å². The fourth-order valence-corrected chi connectivity index (χ4v) is 2.40. The van der Waals surface area contributed by atoms with Gasteiger partial charge in [0.2, 0.25) is 11.8 Å². The Bertz CT molecular complexity index is 898. The molecule has 0 amide bonds. The van der Waals surface area contributed by atoms with Gasteiger partial charge in [-0.2, -0.15) is 23.3 Å². The molecule has 0 saturated carbocycles. The van der Waals surface area contributed by atoms with Gasteiger partial charge in [-0.25, -0.2) is 4.98 Å². The molecular formula is C15H12ClF3N4O2. The first-order chi connectivity index (χ1) is 11.9. The minimum Gasteiger partial charge on any atom is -0.481 e. The van der Waals surface area contributed by atoms with Crippen LogP contribution in [0.3, 0.4) is 0 Å². The number of halogens is 4. The Labute approximate surface area is 145 Å². The summed E-state index contributed by atoms with van der Waals surface area (Å²) in [5, 5.41) is 5.40. The maximum atomic E-state index is 12.2. The number of hydrogen-bond donors (Lipinski definition) is 0. The topological polar surface area (TPSA) is 62.1 Å². The molecule has 25 heavy (non-hydrogen) atoms. The zero-order chi connectivity index (χ0) is 18.0. The first-order valence-electron chi connectivity index (χ1n) is 7.07. The summed E-state index contributed by atoms with van der Waals surface area (Å²) in [6, 6.07) is 4.65. The largest absolute Gasteiger partial charge is 0.481 e. The molecule has 0 radical (unpaired) electrons. The molecule has 3 rings (SSSR count). The summed E-state index contributed by atoms with van der Waals surface area (Å²) in [5.41, 5.74) is 1.30. The quantitative estimate of drug-likeness (QED) is 0.642. The summed E-state index contributed by atoms with van der Waals surface area (Å²) in [4.78, 5) is 7.92. The van der Waals surface area contributed by atoms with Crippen molar-refractivity contribution in [2.24, 2.45) is 0 Å². The second-order valence-corrected chi connectivity index (χ2v) is 5.44. The molecule has 6 nitrogen and oxygen atoms in total.